The molecule has 1 saturated carbocycles. The summed E-state index contributed by atoms with van der Waals surface area (Å²) in [4.78, 5) is 32.7. The van der Waals surface area contributed by atoms with Crippen LogP contribution in [-0.4, -0.2) is 62.4 Å². The lowest BCUT2D eigenvalue weighted by atomic mass is 9.84. The van der Waals surface area contributed by atoms with Crippen molar-refractivity contribution in [3.8, 4) is 11.3 Å². The Morgan fingerprint density at radius 2 is 1.78 bits per heavy atom. The fourth-order valence-electron chi connectivity index (χ4n) is 5.24. The number of fused-ring (bicyclic) bond motifs is 1. The van der Waals surface area contributed by atoms with E-state index in [0.29, 0.717) is 60.3 Å². The van der Waals surface area contributed by atoms with Crippen molar-refractivity contribution < 1.29 is 9.59 Å². The van der Waals surface area contributed by atoms with Crippen molar-refractivity contribution in [3.63, 3.8) is 0 Å². The van der Waals surface area contributed by atoms with Crippen LogP contribution in [0, 0.1) is 0 Å². The standard InChI is InChI=1S/C31H34ClN7O2/c1-31(2,18-33)21-6-3-19(4-7-21)26-16-25(32)24-10-5-20(15-27(24)35-26)30(41)38-13-11-22(12-14-38)34-29(40)28-17-39(37-36-28)23-8-9-23/h3-7,10,15-17,22-23H,8-9,11-14,18,33H2,1-2H3,(H,34,40). The van der Waals surface area contributed by atoms with Crippen molar-refractivity contribution in [1.29, 1.82) is 0 Å². The predicted molar refractivity (Wildman–Crippen MR) is 159 cm³/mol. The van der Waals surface area contributed by atoms with Crippen molar-refractivity contribution in [2.24, 2.45) is 5.73 Å². The average molecular weight is 572 g/mol. The molecule has 0 radical (unpaired) electrons. The summed E-state index contributed by atoms with van der Waals surface area (Å²) in [5.41, 5.74) is 10.3. The minimum atomic E-state index is -0.215. The summed E-state index contributed by atoms with van der Waals surface area (Å²) in [6.45, 7) is 5.90. The third kappa shape index (κ3) is 5.69. The quantitative estimate of drug-likeness (QED) is 0.330. The minimum Gasteiger partial charge on any atom is -0.348 e. The van der Waals surface area contributed by atoms with Gasteiger partial charge in [-0.2, -0.15) is 0 Å². The Labute approximate surface area is 244 Å². The van der Waals surface area contributed by atoms with Gasteiger partial charge in [0.05, 0.1) is 28.5 Å². The fourth-order valence-corrected chi connectivity index (χ4v) is 5.51. The highest BCUT2D eigenvalue weighted by molar-refractivity contribution is 6.35. The number of halogens is 1. The molecule has 0 unspecified atom stereocenters. The van der Waals surface area contributed by atoms with Crippen LogP contribution in [0.2, 0.25) is 5.02 Å². The largest absolute Gasteiger partial charge is 0.348 e. The number of benzene rings is 2. The topological polar surface area (TPSA) is 119 Å². The van der Waals surface area contributed by atoms with Crippen LogP contribution in [0.5, 0.6) is 0 Å². The summed E-state index contributed by atoms with van der Waals surface area (Å²) >= 11 is 6.64. The molecule has 0 atom stereocenters. The van der Waals surface area contributed by atoms with E-state index in [1.54, 1.807) is 16.9 Å². The molecule has 2 aliphatic rings. The molecule has 9 nitrogen and oxygen atoms in total. The molecule has 0 bridgehead atoms. The fraction of sp³-hybridized carbons (Fsp3) is 0.387. The zero-order valence-corrected chi connectivity index (χ0v) is 24.1. The molecule has 41 heavy (non-hydrogen) atoms. The second-order valence-corrected chi connectivity index (χ2v) is 12.1. The summed E-state index contributed by atoms with van der Waals surface area (Å²) in [5.74, 6) is -0.270. The number of carbonyl (C=O) groups excluding carboxylic acids is 2. The maximum Gasteiger partial charge on any atom is 0.273 e. The number of piperidine rings is 1. The van der Waals surface area contributed by atoms with Crippen LogP contribution < -0.4 is 11.1 Å². The van der Waals surface area contributed by atoms with Crippen molar-refractivity contribution in [2.75, 3.05) is 19.6 Å². The van der Waals surface area contributed by atoms with Crippen LogP contribution in [0.4, 0.5) is 0 Å². The second-order valence-electron chi connectivity index (χ2n) is 11.7. The first-order valence-corrected chi connectivity index (χ1v) is 14.5. The van der Waals surface area contributed by atoms with Crippen molar-refractivity contribution in [1.82, 2.24) is 30.2 Å². The van der Waals surface area contributed by atoms with Crippen molar-refractivity contribution in [2.45, 2.75) is 57.0 Å². The van der Waals surface area contributed by atoms with E-state index in [2.05, 4.69) is 41.6 Å². The first-order chi connectivity index (χ1) is 19.7. The van der Waals surface area contributed by atoms with E-state index in [0.717, 1.165) is 35.0 Å². The van der Waals surface area contributed by atoms with E-state index >= 15 is 0 Å². The van der Waals surface area contributed by atoms with Crippen LogP contribution in [0.1, 0.15) is 72.0 Å². The third-order valence-corrected chi connectivity index (χ3v) is 8.57. The summed E-state index contributed by atoms with van der Waals surface area (Å²) in [7, 11) is 0. The Balaban J connectivity index is 1.12. The van der Waals surface area contributed by atoms with Crippen LogP contribution in [0.15, 0.2) is 54.7 Å². The van der Waals surface area contributed by atoms with E-state index in [9.17, 15) is 9.59 Å². The first kappa shape index (κ1) is 27.4. The molecule has 10 heteroatoms. The van der Waals surface area contributed by atoms with Gasteiger partial charge in [0.2, 0.25) is 0 Å². The summed E-state index contributed by atoms with van der Waals surface area (Å²) in [6.07, 6.45) is 5.23. The van der Waals surface area contributed by atoms with E-state index in [1.807, 2.05) is 35.2 Å². The highest BCUT2D eigenvalue weighted by Gasteiger charge is 2.28. The highest BCUT2D eigenvalue weighted by atomic mass is 35.5. The third-order valence-electron chi connectivity index (χ3n) is 8.26. The predicted octanol–water partition coefficient (Wildman–Crippen LogP) is 4.75. The molecule has 1 saturated heterocycles. The lowest BCUT2D eigenvalue weighted by molar-refractivity contribution is 0.0698. The monoisotopic (exact) mass is 571 g/mol. The number of aromatic nitrogens is 4. The van der Waals surface area contributed by atoms with Gasteiger partial charge in [-0.3, -0.25) is 9.59 Å². The number of amides is 2. The molecule has 2 amide bonds. The van der Waals surface area contributed by atoms with Gasteiger partial charge in [0.15, 0.2) is 5.69 Å². The second kappa shape index (κ2) is 10.9. The van der Waals surface area contributed by atoms with Gasteiger partial charge >= 0.3 is 0 Å². The number of nitrogens with one attached hydrogen (secondary N) is 1. The lowest BCUT2D eigenvalue weighted by Crippen LogP contribution is -2.46. The number of hydrogen-bond donors (Lipinski definition) is 2. The minimum absolute atomic E-state index is 0.0147. The molecule has 212 valence electrons. The molecule has 2 aromatic heterocycles. The Hall–Kier alpha value is -3.82. The van der Waals surface area contributed by atoms with Crippen LogP contribution >= 0.6 is 11.6 Å². The Kier molecular flexibility index (Phi) is 7.25. The highest BCUT2D eigenvalue weighted by Crippen LogP contribution is 2.34. The number of nitrogens with two attached hydrogens (primary N) is 1. The number of rotatable bonds is 7. The molecule has 3 heterocycles. The Morgan fingerprint density at radius 3 is 2.46 bits per heavy atom. The van der Waals surface area contributed by atoms with Gasteiger partial charge in [0.1, 0.15) is 0 Å². The van der Waals surface area contributed by atoms with E-state index < -0.39 is 0 Å². The molecule has 2 aromatic carbocycles. The Bertz CT molecular complexity index is 1600. The van der Waals surface area contributed by atoms with Crippen LogP contribution in [-0.2, 0) is 5.41 Å². The molecule has 0 spiro atoms. The molecule has 1 aliphatic carbocycles. The molecule has 4 aromatic rings. The van der Waals surface area contributed by atoms with Gasteiger partial charge in [-0.1, -0.05) is 61.0 Å². The molecular formula is C31H34ClN7O2. The van der Waals surface area contributed by atoms with Gasteiger partial charge in [-0.05, 0) is 49.4 Å². The summed E-state index contributed by atoms with van der Waals surface area (Å²) < 4.78 is 1.77. The first-order valence-electron chi connectivity index (χ1n) is 14.1. The molecular weight excluding hydrogens is 538 g/mol. The van der Waals surface area contributed by atoms with Gasteiger partial charge in [0.25, 0.3) is 11.8 Å². The normalized spacial score (nSPS) is 16.2. The number of nitrogens with zero attached hydrogens (tertiary/aromatic N) is 5. The zero-order valence-electron chi connectivity index (χ0n) is 23.3. The molecule has 2 fully saturated rings. The number of carbonyl (C=O) groups is 2. The maximum atomic E-state index is 13.4. The van der Waals surface area contributed by atoms with Gasteiger partial charge in [-0.25, -0.2) is 9.67 Å². The van der Waals surface area contributed by atoms with Crippen LogP contribution in [0.3, 0.4) is 0 Å². The van der Waals surface area contributed by atoms with Gasteiger partial charge in [-0.15, -0.1) is 5.10 Å². The number of pyridine rings is 1. The summed E-state index contributed by atoms with van der Waals surface area (Å²) in [6, 6.07) is 15.9. The van der Waals surface area contributed by atoms with E-state index in [-0.39, 0.29) is 23.3 Å². The van der Waals surface area contributed by atoms with Crippen LogP contribution in [0.25, 0.3) is 22.2 Å². The van der Waals surface area contributed by atoms with Gasteiger partial charge in [0, 0.05) is 47.6 Å². The lowest BCUT2D eigenvalue weighted by Gasteiger charge is -2.32. The molecule has 6 rings (SSSR count). The number of hydrogen-bond acceptors (Lipinski definition) is 6. The average Bonchev–Trinajstić information content (AvgIpc) is 3.72. The molecule has 3 N–H and O–H groups in total. The van der Waals surface area contributed by atoms with Crippen molar-refractivity contribution >= 4 is 34.3 Å². The Morgan fingerprint density at radius 1 is 1.05 bits per heavy atom. The SMILES string of the molecule is CC(C)(CN)c1ccc(-c2cc(Cl)c3ccc(C(=O)N4CCC(NC(=O)c5cn(C6CC6)nn5)CC4)cc3n2)cc1. The van der Waals surface area contributed by atoms with E-state index in [1.165, 1.54) is 0 Å². The van der Waals surface area contributed by atoms with E-state index in [4.69, 9.17) is 22.3 Å². The number of likely N-dealkylation sites (tertiary alicyclic amines) is 1. The van der Waals surface area contributed by atoms with Crippen molar-refractivity contribution in [3.05, 3.63) is 76.6 Å². The maximum absolute atomic E-state index is 13.4. The van der Waals surface area contributed by atoms with Gasteiger partial charge < -0.3 is 16.0 Å². The molecule has 1 aliphatic heterocycles. The zero-order chi connectivity index (χ0) is 28.7. The summed E-state index contributed by atoms with van der Waals surface area (Å²) in [5, 5.41) is 12.5. The smallest absolute Gasteiger partial charge is 0.273 e.